The molecule has 0 amide bonds. The summed E-state index contributed by atoms with van der Waals surface area (Å²) < 4.78 is 0. The van der Waals surface area contributed by atoms with Crippen LogP contribution >= 0.6 is 12.6 Å². The fraction of sp³-hybridized carbons (Fsp3) is 0. The first-order chi connectivity index (χ1) is 8.59. The Morgan fingerprint density at radius 1 is 0.944 bits per heavy atom. The Morgan fingerprint density at radius 3 is 2.22 bits per heavy atom. The van der Waals surface area contributed by atoms with E-state index in [2.05, 4.69) is 12.6 Å². The fourth-order valence-electron chi connectivity index (χ4n) is 1.65. The van der Waals surface area contributed by atoms with Gasteiger partial charge in [0.1, 0.15) is 0 Å². The molecule has 0 aliphatic rings. The second-order valence-corrected chi connectivity index (χ2v) is 4.25. The summed E-state index contributed by atoms with van der Waals surface area (Å²) in [6.07, 6.45) is 0. The summed E-state index contributed by atoms with van der Waals surface area (Å²) in [5.74, 6) is -1.44. The highest BCUT2D eigenvalue weighted by Crippen LogP contribution is 2.18. The number of ketones is 1. The van der Waals surface area contributed by atoms with Crippen molar-refractivity contribution in [2.45, 2.75) is 4.90 Å². The molecular formula is C14H10O3S. The average Bonchev–Trinajstić information content (AvgIpc) is 2.38. The Morgan fingerprint density at radius 2 is 1.61 bits per heavy atom. The van der Waals surface area contributed by atoms with Gasteiger partial charge in [0.25, 0.3) is 0 Å². The molecule has 0 saturated heterocycles. The second kappa shape index (κ2) is 5.06. The maximum atomic E-state index is 12.2. The molecule has 0 aromatic heterocycles. The number of thiol groups is 1. The molecule has 0 bridgehead atoms. The largest absolute Gasteiger partial charge is 0.478 e. The van der Waals surface area contributed by atoms with Gasteiger partial charge in [-0.25, -0.2) is 4.79 Å². The summed E-state index contributed by atoms with van der Waals surface area (Å²) in [4.78, 5) is 23.9. The Balaban J connectivity index is 2.54. The van der Waals surface area contributed by atoms with E-state index in [1.54, 1.807) is 36.4 Å². The molecule has 3 nitrogen and oxygen atoms in total. The molecule has 0 aliphatic carbocycles. The average molecular weight is 258 g/mol. The number of carbonyl (C=O) groups excluding carboxylic acids is 1. The molecule has 2 aromatic rings. The highest BCUT2D eigenvalue weighted by Gasteiger charge is 2.17. The molecule has 0 radical (unpaired) electrons. The summed E-state index contributed by atoms with van der Waals surface area (Å²) in [5.41, 5.74) is 0.599. The minimum Gasteiger partial charge on any atom is -0.478 e. The molecule has 0 atom stereocenters. The summed E-state index contributed by atoms with van der Waals surface area (Å²) >= 11 is 4.13. The van der Waals surface area contributed by atoms with Crippen LogP contribution < -0.4 is 0 Å². The number of aromatic carboxylic acids is 1. The van der Waals surface area contributed by atoms with E-state index in [9.17, 15) is 9.59 Å². The standard InChI is InChI=1S/C14H10O3S/c15-13(9-4-2-1-3-5-9)12-8-10(18)6-7-11(12)14(16)17/h1-8,18H,(H,16,17). The number of benzene rings is 2. The number of hydrogen-bond acceptors (Lipinski definition) is 3. The molecular weight excluding hydrogens is 248 g/mol. The molecule has 2 rings (SSSR count). The van der Waals surface area contributed by atoms with Gasteiger partial charge in [-0.1, -0.05) is 30.3 Å². The number of hydrogen-bond donors (Lipinski definition) is 2. The van der Waals surface area contributed by atoms with Gasteiger partial charge in [0.15, 0.2) is 5.78 Å². The van der Waals surface area contributed by atoms with Crippen molar-refractivity contribution in [2.75, 3.05) is 0 Å². The van der Waals surface area contributed by atoms with Crippen LogP contribution in [0.15, 0.2) is 53.4 Å². The maximum Gasteiger partial charge on any atom is 0.336 e. The minimum absolute atomic E-state index is 0.0124. The van der Waals surface area contributed by atoms with Crippen molar-refractivity contribution >= 4 is 24.4 Å². The molecule has 0 spiro atoms. The Labute approximate surface area is 109 Å². The van der Waals surface area contributed by atoms with Crippen molar-refractivity contribution in [2.24, 2.45) is 0 Å². The van der Waals surface area contributed by atoms with Gasteiger partial charge in [0.2, 0.25) is 0 Å². The normalized spacial score (nSPS) is 10.1. The molecule has 0 fully saturated rings. The zero-order valence-corrected chi connectivity index (χ0v) is 10.2. The number of rotatable bonds is 3. The molecule has 4 heteroatoms. The number of carbonyl (C=O) groups is 2. The van der Waals surface area contributed by atoms with Gasteiger partial charge in [-0.3, -0.25) is 4.79 Å². The lowest BCUT2D eigenvalue weighted by molar-refractivity contribution is 0.0692. The minimum atomic E-state index is -1.12. The van der Waals surface area contributed by atoms with Crippen molar-refractivity contribution in [3.63, 3.8) is 0 Å². The van der Waals surface area contributed by atoms with E-state index in [1.165, 1.54) is 12.1 Å². The molecule has 0 aliphatic heterocycles. The van der Waals surface area contributed by atoms with Crippen molar-refractivity contribution in [3.05, 3.63) is 65.2 Å². The van der Waals surface area contributed by atoms with E-state index in [0.717, 1.165) is 0 Å². The molecule has 0 saturated carbocycles. The zero-order chi connectivity index (χ0) is 13.1. The molecule has 0 unspecified atom stereocenters. The number of carboxylic acids is 1. The fourth-order valence-corrected chi connectivity index (χ4v) is 1.86. The first-order valence-electron chi connectivity index (χ1n) is 5.25. The van der Waals surface area contributed by atoms with Gasteiger partial charge >= 0.3 is 5.97 Å². The van der Waals surface area contributed by atoms with Gasteiger partial charge in [-0.15, -0.1) is 12.6 Å². The molecule has 1 N–H and O–H groups in total. The van der Waals surface area contributed by atoms with Crippen LogP contribution in [0.5, 0.6) is 0 Å². The van der Waals surface area contributed by atoms with E-state index in [4.69, 9.17) is 5.11 Å². The van der Waals surface area contributed by atoms with Crippen LogP contribution in [0.25, 0.3) is 0 Å². The van der Waals surface area contributed by atoms with Crippen LogP contribution in [0.3, 0.4) is 0 Å². The van der Waals surface area contributed by atoms with E-state index >= 15 is 0 Å². The Kier molecular flexibility index (Phi) is 3.48. The van der Waals surface area contributed by atoms with Crippen LogP contribution in [0, 0.1) is 0 Å². The zero-order valence-electron chi connectivity index (χ0n) is 9.33. The first-order valence-corrected chi connectivity index (χ1v) is 5.70. The van der Waals surface area contributed by atoms with Gasteiger partial charge < -0.3 is 5.11 Å². The molecule has 0 heterocycles. The van der Waals surface area contributed by atoms with E-state index in [0.29, 0.717) is 10.5 Å². The maximum absolute atomic E-state index is 12.2. The van der Waals surface area contributed by atoms with Gasteiger partial charge in [-0.05, 0) is 18.2 Å². The number of carboxylic acid groups (broad SMARTS) is 1. The van der Waals surface area contributed by atoms with Crippen molar-refractivity contribution < 1.29 is 14.7 Å². The van der Waals surface area contributed by atoms with Crippen LogP contribution in [-0.2, 0) is 0 Å². The first kappa shape index (κ1) is 12.4. The summed E-state index contributed by atoms with van der Waals surface area (Å²) in [6, 6.07) is 13.0. The molecule has 18 heavy (non-hydrogen) atoms. The van der Waals surface area contributed by atoms with Crippen LogP contribution in [-0.4, -0.2) is 16.9 Å². The van der Waals surface area contributed by atoms with Gasteiger partial charge in [-0.2, -0.15) is 0 Å². The second-order valence-electron chi connectivity index (χ2n) is 3.73. The smallest absolute Gasteiger partial charge is 0.336 e. The molecule has 2 aromatic carbocycles. The third kappa shape index (κ3) is 2.43. The Hall–Kier alpha value is -2.07. The van der Waals surface area contributed by atoms with Crippen molar-refractivity contribution in [1.29, 1.82) is 0 Å². The summed E-state index contributed by atoms with van der Waals surface area (Å²) in [6.45, 7) is 0. The monoisotopic (exact) mass is 258 g/mol. The van der Waals surface area contributed by atoms with Crippen LogP contribution in [0.4, 0.5) is 0 Å². The predicted molar refractivity (Wildman–Crippen MR) is 70.5 cm³/mol. The van der Waals surface area contributed by atoms with Gasteiger partial charge in [0.05, 0.1) is 5.56 Å². The van der Waals surface area contributed by atoms with E-state index < -0.39 is 5.97 Å². The van der Waals surface area contributed by atoms with Crippen LogP contribution in [0.2, 0.25) is 0 Å². The van der Waals surface area contributed by atoms with Crippen molar-refractivity contribution in [3.8, 4) is 0 Å². The quantitative estimate of drug-likeness (QED) is 0.657. The third-order valence-corrected chi connectivity index (χ3v) is 2.79. The SMILES string of the molecule is O=C(O)c1ccc(S)cc1C(=O)c1ccccc1. The van der Waals surface area contributed by atoms with E-state index in [1.807, 2.05) is 0 Å². The summed E-state index contributed by atoms with van der Waals surface area (Å²) in [5, 5.41) is 9.08. The highest BCUT2D eigenvalue weighted by molar-refractivity contribution is 7.80. The lowest BCUT2D eigenvalue weighted by atomic mass is 9.98. The highest BCUT2D eigenvalue weighted by atomic mass is 32.1. The topological polar surface area (TPSA) is 54.4 Å². The van der Waals surface area contributed by atoms with Crippen molar-refractivity contribution in [1.82, 2.24) is 0 Å². The predicted octanol–water partition coefficient (Wildman–Crippen LogP) is 2.90. The summed E-state index contributed by atoms with van der Waals surface area (Å²) in [7, 11) is 0. The Bertz CT molecular complexity index is 606. The van der Waals surface area contributed by atoms with Crippen LogP contribution in [0.1, 0.15) is 26.3 Å². The lowest BCUT2D eigenvalue weighted by Crippen LogP contribution is -2.09. The third-order valence-electron chi connectivity index (χ3n) is 2.51. The van der Waals surface area contributed by atoms with E-state index in [-0.39, 0.29) is 16.9 Å². The molecule has 90 valence electrons. The lowest BCUT2D eigenvalue weighted by Gasteiger charge is -2.06. The van der Waals surface area contributed by atoms with Gasteiger partial charge in [0, 0.05) is 16.0 Å².